The molecule has 0 aliphatic heterocycles. The van der Waals surface area contributed by atoms with Gasteiger partial charge in [0, 0.05) is 33.3 Å². The Morgan fingerprint density at radius 2 is 1.39 bits per heavy atom. The summed E-state index contributed by atoms with van der Waals surface area (Å²) in [5.74, 6) is -0.560. The van der Waals surface area contributed by atoms with Gasteiger partial charge in [-0.05, 0) is 35.9 Å². The first-order valence-electron chi connectivity index (χ1n) is 7.00. The monoisotopic (exact) mass is 346 g/mol. The van der Waals surface area contributed by atoms with Crippen LogP contribution in [0.25, 0.3) is 22.4 Å². The number of nitrogens with zero attached hydrogens (tertiary/aromatic N) is 1. The number of halogens is 3. The van der Waals surface area contributed by atoms with E-state index in [9.17, 15) is 4.39 Å². The Balaban J connectivity index is 2.23. The third kappa shape index (κ3) is 3.37. The highest BCUT2D eigenvalue weighted by Crippen LogP contribution is 2.33. The van der Waals surface area contributed by atoms with Gasteiger partial charge in [-0.25, -0.2) is 4.98 Å². The molecule has 2 aromatic carbocycles. The molecule has 1 aromatic heterocycles. The van der Waals surface area contributed by atoms with Crippen LogP contribution in [-0.2, 0) is 6.54 Å². The molecule has 2 N–H and O–H groups in total. The van der Waals surface area contributed by atoms with E-state index in [1.54, 1.807) is 30.3 Å². The molecule has 0 radical (unpaired) electrons. The zero-order valence-corrected chi connectivity index (χ0v) is 13.6. The van der Waals surface area contributed by atoms with Crippen molar-refractivity contribution in [2.75, 3.05) is 0 Å². The minimum absolute atomic E-state index is 0.0837. The molecule has 0 fully saturated rings. The summed E-state index contributed by atoms with van der Waals surface area (Å²) < 4.78 is 14.1. The number of pyridine rings is 1. The number of rotatable bonds is 3. The molecule has 1 heterocycles. The van der Waals surface area contributed by atoms with Gasteiger partial charge in [-0.1, -0.05) is 47.5 Å². The summed E-state index contributed by atoms with van der Waals surface area (Å²) in [6.07, 6.45) is 0. The van der Waals surface area contributed by atoms with Gasteiger partial charge in [0.05, 0.1) is 5.69 Å². The molecule has 116 valence electrons. The lowest BCUT2D eigenvalue weighted by Crippen LogP contribution is -2.04. The molecule has 0 aliphatic rings. The van der Waals surface area contributed by atoms with Crippen LogP contribution in [0.2, 0.25) is 10.0 Å². The van der Waals surface area contributed by atoms with Gasteiger partial charge in [-0.15, -0.1) is 0 Å². The van der Waals surface area contributed by atoms with Gasteiger partial charge in [-0.3, -0.25) is 0 Å². The molecule has 0 atom stereocenters. The Kier molecular flexibility index (Phi) is 4.62. The molecule has 5 heteroatoms. The predicted molar refractivity (Wildman–Crippen MR) is 93.0 cm³/mol. The van der Waals surface area contributed by atoms with Gasteiger partial charge in [0.1, 0.15) is 0 Å². The molecule has 3 aromatic rings. The summed E-state index contributed by atoms with van der Waals surface area (Å²) >= 11 is 11.9. The SMILES string of the molecule is NCc1cc(-c2ccc(Cl)cc2)c(-c2ccc(Cl)cc2)nc1F. The molecule has 0 saturated carbocycles. The minimum atomic E-state index is -0.560. The van der Waals surface area contributed by atoms with Crippen molar-refractivity contribution in [2.24, 2.45) is 5.73 Å². The van der Waals surface area contributed by atoms with Gasteiger partial charge in [0.25, 0.3) is 0 Å². The van der Waals surface area contributed by atoms with E-state index < -0.39 is 5.95 Å². The number of nitrogens with two attached hydrogens (primary N) is 1. The lowest BCUT2D eigenvalue weighted by atomic mass is 9.98. The molecule has 0 amide bonds. The summed E-state index contributed by atoms with van der Waals surface area (Å²) in [6, 6.07) is 16.2. The van der Waals surface area contributed by atoms with E-state index >= 15 is 0 Å². The summed E-state index contributed by atoms with van der Waals surface area (Å²) in [5, 5.41) is 1.25. The van der Waals surface area contributed by atoms with Crippen molar-refractivity contribution in [3.8, 4) is 22.4 Å². The largest absolute Gasteiger partial charge is 0.326 e. The molecular formula is C18H13Cl2FN2. The van der Waals surface area contributed by atoms with Crippen LogP contribution >= 0.6 is 23.2 Å². The quantitative estimate of drug-likeness (QED) is 0.651. The molecule has 0 bridgehead atoms. The highest BCUT2D eigenvalue weighted by Gasteiger charge is 2.14. The van der Waals surface area contributed by atoms with Gasteiger partial charge < -0.3 is 5.73 Å². The van der Waals surface area contributed by atoms with E-state index in [1.807, 2.05) is 24.3 Å². The Bertz CT molecular complexity index is 831. The maximum absolute atomic E-state index is 14.1. The molecule has 23 heavy (non-hydrogen) atoms. The topological polar surface area (TPSA) is 38.9 Å². The highest BCUT2D eigenvalue weighted by atomic mass is 35.5. The van der Waals surface area contributed by atoms with E-state index in [1.165, 1.54) is 0 Å². The molecule has 2 nitrogen and oxygen atoms in total. The van der Waals surface area contributed by atoms with E-state index in [0.717, 1.165) is 16.7 Å². The van der Waals surface area contributed by atoms with E-state index in [-0.39, 0.29) is 6.54 Å². The second-order valence-electron chi connectivity index (χ2n) is 5.05. The maximum atomic E-state index is 14.1. The Morgan fingerprint density at radius 3 is 1.91 bits per heavy atom. The number of hydrogen-bond donors (Lipinski definition) is 1. The van der Waals surface area contributed by atoms with Crippen LogP contribution in [-0.4, -0.2) is 4.98 Å². The fourth-order valence-corrected chi connectivity index (χ4v) is 2.60. The van der Waals surface area contributed by atoms with Crippen molar-refractivity contribution < 1.29 is 4.39 Å². The standard InChI is InChI=1S/C18H13Cl2FN2/c19-14-5-1-11(2-6-14)16-9-13(10-22)18(21)23-17(16)12-3-7-15(20)8-4-12/h1-9H,10,22H2. The first-order valence-corrected chi connectivity index (χ1v) is 7.75. The highest BCUT2D eigenvalue weighted by molar-refractivity contribution is 6.31. The van der Waals surface area contributed by atoms with E-state index in [4.69, 9.17) is 28.9 Å². The second-order valence-corrected chi connectivity index (χ2v) is 5.93. The lowest BCUT2D eigenvalue weighted by molar-refractivity contribution is 0.569. The number of benzene rings is 2. The van der Waals surface area contributed by atoms with Gasteiger partial charge in [0.2, 0.25) is 5.95 Å². The zero-order valence-electron chi connectivity index (χ0n) is 12.1. The third-order valence-electron chi connectivity index (χ3n) is 3.54. The van der Waals surface area contributed by atoms with Gasteiger partial charge >= 0.3 is 0 Å². The van der Waals surface area contributed by atoms with Crippen LogP contribution in [0, 0.1) is 5.95 Å². The van der Waals surface area contributed by atoms with Crippen molar-refractivity contribution in [3.05, 3.63) is 76.2 Å². The number of aromatic nitrogens is 1. The molecular weight excluding hydrogens is 334 g/mol. The van der Waals surface area contributed by atoms with Crippen molar-refractivity contribution in [3.63, 3.8) is 0 Å². The van der Waals surface area contributed by atoms with Crippen molar-refractivity contribution in [1.82, 2.24) is 4.98 Å². The molecule has 0 spiro atoms. The average molecular weight is 347 g/mol. The Morgan fingerprint density at radius 1 is 0.870 bits per heavy atom. The molecule has 0 unspecified atom stereocenters. The molecule has 0 saturated heterocycles. The molecule has 3 rings (SSSR count). The fourth-order valence-electron chi connectivity index (χ4n) is 2.35. The van der Waals surface area contributed by atoms with Crippen molar-refractivity contribution >= 4 is 23.2 Å². The van der Waals surface area contributed by atoms with Crippen molar-refractivity contribution in [2.45, 2.75) is 6.54 Å². The van der Waals surface area contributed by atoms with Gasteiger partial charge in [0.15, 0.2) is 0 Å². The van der Waals surface area contributed by atoms with Gasteiger partial charge in [-0.2, -0.15) is 4.39 Å². The van der Waals surface area contributed by atoms with E-state index in [0.29, 0.717) is 21.3 Å². The van der Waals surface area contributed by atoms with Crippen LogP contribution in [0.15, 0.2) is 54.6 Å². The van der Waals surface area contributed by atoms with E-state index in [2.05, 4.69) is 4.98 Å². The number of hydrogen-bond acceptors (Lipinski definition) is 2. The summed E-state index contributed by atoms with van der Waals surface area (Å²) in [7, 11) is 0. The van der Waals surface area contributed by atoms with Crippen LogP contribution < -0.4 is 5.73 Å². The van der Waals surface area contributed by atoms with Crippen LogP contribution in [0.3, 0.4) is 0 Å². The van der Waals surface area contributed by atoms with Crippen LogP contribution in [0.4, 0.5) is 4.39 Å². The fraction of sp³-hybridized carbons (Fsp3) is 0.0556. The third-order valence-corrected chi connectivity index (χ3v) is 4.05. The Hall–Kier alpha value is -1.94. The summed E-state index contributed by atoms with van der Waals surface area (Å²) in [4.78, 5) is 4.12. The first-order chi connectivity index (χ1) is 11.1. The average Bonchev–Trinajstić information content (AvgIpc) is 2.56. The predicted octanol–water partition coefficient (Wildman–Crippen LogP) is 5.32. The molecule has 0 aliphatic carbocycles. The maximum Gasteiger partial charge on any atom is 0.217 e. The lowest BCUT2D eigenvalue weighted by Gasteiger charge is -2.12. The Labute approximate surface area is 143 Å². The summed E-state index contributed by atoms with van der Waals surface area (Å²) in [6.45, 7) is 0.0837. The normalized spacial score (nSPS) is 10.8. The minimum Gasteiger partial charge on any atom is -0.326 e. The first kappa shape index (κ1) is 15.9. The smallest absolute Gasteiger partial charge is 0.217 e. The second kappa shape index (κ2) is 6.67. The summed E-state index contributed by atoms with van der Waals surface area (Å²) in [5.41, 5.74) is 8.99. The van der Waals surface area contributed by atoms with Crippen LogP contribution in [0.5, 0.6) is 0 Å². The van der Waals surface area contributed by atoms with Crippen molar-refractivity contribution in [1.29, 1.82) is 0 Å². The van der Waals surface area contributed by atoms with Crippen LogP contribution in [0.1, 0.15) is 5.56 Å². The zero-order chi connectivity index (χ0) is 16.4.